The van der Waals surface area contributed by atoms with E-state index in [0.717, 1.165) is 37.1 Å². The van der Waals surface area contributed by atoms with Crippen LogP contribution in [0.5, 0.6) is 11.5 Å². The molecule has 0 bridgehead atoms. The first-order valence-electron chi connectivity index (χ1n) is 8.06. The summed E-state index contributed by atoms with van der Waals surface area (Å²) in [6.45, 7) is 7.91. The van der Waals surface area contributed by atoms with Gasteiger partial charge >= 0.3 is 0 Å². The molecule has 0 heterocycles. The van der Waals surface area contributed by atoms with Gasteiger partial charge in [0.2, 0.25) is 5.91 Å². The summed E-state index contributed by atoms with van der Waals surface area (Å²) in [7, 11) is 0. The first-order chi connectivity index (χ1) is 10.7. The van der Waals surface area contributed by atoms with Crippen molar-refractivity contribution in [1.29, 1.82) is 0 Å². The lowest BCUT2D eigenvalue weighted by Crippen LogP contribution is -2.21. The molecule has 0 saturated heterocycles. The normalized spacial score (nSPS) is 10.7. The Labute approximate surface area is 133 Å². The van der Waals surface area contributed by atoms with Crippen molar-refractivity contribution < 1.29 is 14.3 Å². The van der Waals surface area contributed by atoms with Gasteiger partial charge in [-0.1, -0.05) is 25.8 Å². The van der Waals surface area contributed by atoms with Crippen LogP contribution in [0.25, 0.3) is 6.08 Å². The topological polar surface area (TPSA) is 47.6 Å². The Kier molecular flexibility index (Phi) is 8.80. The van der Waals surface area contributed by atoms with Crippen LogP contribution in [-0.2, 0) is 4.79 Å². The second-order valence-corrected chi connectivity index (χ2v) is 4.90. The molecule has 0 aliphatic heterocycles. The molecule has 0 atom stereocenters. The molecule has 1 N–H and O–H groups in total. The standard InChI is InChI=1S/C18H27NO3/c1-4-7-8-13-19-18(20)12-10-15-9-11-16(21-5-2)17(14-15)22-6-3/h9-12,14H,4-8,13H2,1-3H3,(H,19,20)/b12-10+. The summed E-state index contributed by atoms with van der Waals surface area (Å²) in [5.74, 6) is 1.36. The number of carbonyl (C=O) groups excluding carboxylic acids is 1. The number of nitrogens with one attached hydrogen (secondary N) is 1. The summed E-state index contributed by atoms with van der Waals surface area (Å²) in [5.41, 5.74) is 0.913. The summed E-state index contributed by atoms with van der Waals surface area (Å²) in [5, 5.41) is 2.88. The highest BCUT2D eigenvalue weighted by atomic mass is 16.5. The molecule has 0 fully saturated rings. The number of hydrogen-bond acceptors (Lipinski definition) is 3. The Morgan fingerprint density at radius 3 is 2.50 bits per heavy atom. The van der Waals surface area contributed by atoms with Gasteiger partial charge in [-0.05, 0) is 44.0 Å². The van der Waals surface area contributed by atoms with Crippen LogP contribution in [0.2, 0.25) is 0 Å². The largest absolute Gasteiger partial charge is 0.490 e. The Morgan fingerprint density at radius 1 is 1.09 bits per heavy atom. The number of rotatable bonds is 10. The predicted molar refractivity (Wildman–Crippen MR) is 90.3 cm³/mol. The van der Waals surface area contributed by atoms with Crippen molar-refractivity contribution >= 4 is 12.0 Å². The van der Waals surface area contributed by atoms with Crippen LogP contribution < -0.4 is 14.8 Å². The lowest BCUT2D eigenvalue weighted by molar-refractivity contribution is -0.116. The highest BCUT2D eigenvalue weighted by Gasteiger charge is 2.05. The van der Waals surface area contributed by atoms with E-state index >= 15 is 0 Å². The Balaban J connectivity index is 2.62. The molecule has 0 aliphatic carbocycles. The highest BCUT2D eigenvalue weighted by Crippen LogP contribution is 2.28. The van der Waals surface area contributed by atoms with Gasteiger partial charge in [0.1, 0.15) is 0 Å². The van der Waals surface area contributed by atoms with Gasteiger partial charge in [-0.25, -0.2) is 0 Å². The van der Waals surface area contributed by atoms with Crippen molar-refractivity contribution in [3.63, 3.8) is 0 Å². The van der Waals surface area contributed by atoms with Crippen molar-refractivity contribution in [2.45, 2.75) is 40.0 Å². The zero-order valence-corrected chi connectivity index (χ0v) is 13.9. The number of unbranched alkanes of at least 4 members (excludes halogenated alkanes) is 2. The smallest absolute Gasteiger partial charge is 0.243 e. The van der Waals surface area contributed by atoms with Crippen LogP contribution >= 0.6 is 0 Å². The van der Waals surface area contributed by atoms with Crippen LogP contribution in [0.1, 0.15) is 45.6 Å². The van der Waals surface area contributed by atoms with E-state index in [4.69, 9.17) is 9.47 Å². The third kappa shape index (κ3) is 6.66. The molecule has 0 spiro atoms. The third-order valence-electron chi connectivity index (χ3n) is 3.07. The zero-order valence-electron chi connectivity index (χ0n) is 13.9. The quantitative estimate of drug-likeness (QED) is 0.528. The molecule has 0 saturated carbocycles. The molecular formula is C18H27NO3. The number of carbonyl (C=O) groups is 1. The van der Waals surface area contributed by atoms with Crippen LogP contribution in [0.4, 0.5) is 0 Å². The minimum atomic E-state index is -0.0667. The average Bonchev–Trinajstić information content (AvgIpc) is 2.52. The number of ether oxygens (including phenoxy) is 2. The van der Waals surface area contributed by atoms with E-state index in [1.54, 1.807) is 12.2 Å². The second-order valence-electron chi connectivity index (χ2n) is 4.90. The maximum absolute atomic E-state index is 11.7. The van der Waals surface area contributed by atoms with E-state index in [9.17, 15) is 4.79 Å². The first kappa shape index (κ1) is 18.1. The van der Waals surface area contributed by atoms with Gasteiger partial charge in [-0.2, -0.15) is 0 Å². The molecule has 4 heteroatoms. The molecule has 0 aliphatic rings. The van der Waals surface area contributed by atoms with Crippen LogP contribution in [-0.4, -0.2) is 25.7 Å². The van der Waals surface area contributed by atoms with E-state index in [2.05, 4.69) is 12.2 Å². The lowest BCUT2D eigenvalue weighted by atomic mass is 10.2. The van der Waals surface area contributed by atoms with Crippen molar-refractivity contribution in [2.75, 3.05) is 19.8 Å². The summed E-state index contributed by atoms with van der Waals surface area (Å²) in [4.78, 5) is 11.7. The molecule has 122 valence electrons. The summed E-state index contributed by atoms with van der Waals surface area (Å²) in [6, 6.07) is 5.66. The molecule has 1 aromatic carbocycles. The molecule has 0 radical (unpaired) electrons. The average molecular weight is 305 g/mol. The maximum atomic E-state index is 11.7. The number of amides is 1. The Morgan fingerprint density at radius 2 is 1.82 bits per heavy atom. The first-order valence-corrected chi connectivity index (χ1v) is 8.06. The fourth-order valence-corrected chi connectivity index (χ4v) is 1.99. The van der Waals surface area contributed by atoms with Gasteiger partial charge in [0, 0.05) is 12.6 Å². The van der Waals surface area contributed by atoms with E-state index in [0.29, 0.717) is 19.0 Å². The number of hydrogen-bond donors (Lipinski definition) is 1. The van der Waals surface area contributed by atoms with Crippen LogP contribution in [0, 0.1) is 0 Å². The van der Waals surface area contributed by atoms with Crippen molar-refractivity contribution in [2.24, 2.45) is 0 Å². The van der Waals surface area contributed by atoms with Gasteiger partial charge in [-0.15, -0.1) is 0 Å². The SMILES string of the molecule is CCCCCNC(=O)/C=C/c1ccc(OCC)c(OCC)c1. The number of benzene rings is 1. The fraction of sp³-hybridized carbons (Fsp3) is 0.500. The summed E-state index contributed by atoms with van der Waals surface area (Å²) in [6.07, 6.45) is 6.65. The van der Waals surface area contributed by atoms with Gasteiger partial charge in [0.05, 0.1) is 13.2 Å². The van der Waals surface area contributed by atoms with E-state index in [1.165, 1.54) is 0 Å². The van der Waals surface area contributed by atoms with Crippen molar-refractivity contribution in [3.8, 4) is 11.5 Å². The minimum Gasteiger partial charge on any atom is -0.490 e. The molecule has 1 aromatic rings. The lowest BCUT2D eigenvalue weighted by Gasteiger charge is -2.11. The summed E-state index contributed by atoms with van der Waals surface area (Å²) < 4.78 is 11.1. The molecule has 0 unspecified atom stereocenters. The van der Waals surface area contributed by atoms with Crippen molar-refractivity contribution in [1.82, 2.24) is 5.32 Å². The Bertz CT molecular complexity index is 483. The van der Waals surface area contributed by atoms with E-state index in [-0.39, 0.29) is 5.91 Å². The van der Waals surface area contributed by atoms with Crippen molar-refractivity contribution in [3.05, 3.63) is 29.8 Å². The molecule has 1 amide bonds. The second kappa shape index (κ2) is 10.7. The molecule has 22 heavy (non-hydrogen) atoms. The maximum Gasteiger partial charge on any atom is 0.243 e. The van der Waals surface area contributed by atoms with E-state index in [1.807, 2.05) is 32.0 Å². The van der Waals surface area contributed by atoms with Gasteiger partial charge in [0.15, 0.2) is 11.5 Å². The molecule has 4 nitrogen and oxygen atoms in total. The van der Waals surface area contributed by atoms with Gasteiger partial charge in [-0.3, -0.25) is 4.79 Å². The van der Waals surface area contributed by atoms with E-state index < -0.39 is 0 Å². The zero-order chi connectivity index (χ0) is 16.2. The fourth-order valence-electron chi connectivity index (χ4n) is 1.99. The molecular weight excluding hydrogens is 278 g/mol. The predicted octanol–water partition coefficient (Wildman–Crippen LogP) is 3.80. The summed E-state index contributed by atoms with van der Waals surface area (Å²) >= 11 is 0. The molecule has 0 aromatic heterocycles. The van der Waals surface area contributed by atoms with Gasteiger partial charge in [0.25, 0.3) is 0 Å². The highest BCUT2D eigenvalue weighted by molar-refractivity contribution is 5.91. The Hall–Kier alpha value is -1.97. The van der Waals surface area contributed by atoms with Crippen LogP contribution in [0.15, 0.2) is 24.3 Å². The van der Waals surface area contributed by atoms with Crippen LogP contribution in [0.3, 0.4) is 0 Å². The third-order valence-corrected chi connectivity index (χ3v) is 3.07. The monoisotopic (exact) mass is 305 g/mol. The van der Waals surface area contributed by atoms with Gasteiger partial charge < -0.3 is 14.8 Å². The minimum absolute atomic E-state index is 0.0667. The molecule has 1 rings (SSSR count).